The summed E-state index contributed by atoms with van der Waals surface area (Å²) in [5, 5.41) is 3.25. The largest absolute Gasteiger partial charge is 0.350 e. The summed E-state index contributed by atoms with van der Waals surface area (Å²) in [4.78, 5) is 12.3. The Morgan fingerprint density at radius 1 is 1.04 bits per heavy atom. The molecule has 0 spiro atoms. The lowest BCUT2D eigenvalue weighted by Gasteiger charge is -2.56. The second-order valence-corrected chi connectivity index (χ2v) is 8.05. The molecule has 5 rings (SSSR count). The fraction of sp³-hybridized carbons (Fsp3) is 0.571. The van der Waals surface area contributed by atoms with Gasteiger partial charge in [0, 0.05) is 12.1 Å². The molecule has 4 aliphatic rings. The molecule has 2 nitrogen and oxygen atoms in total. The maximum absolute atomic E-state index is 12.3. The Morgan fingerprint density at radius 3 is 2.26 bits per heavy atom. The van der Waals surface area contributed by atoms with E-state index < -0.39 is 0 Å². The molecule has 4 bridgehead atoms. The van der Waals surface area contributed by atoms with Gasteiger partial charge in [-0.1, -0.05) is 30.3 Å². The number of nitrogens with one attached hydrogen (secondary N) is 1. The van der Waals surface area contributed by atoms with Crippen LogP contribution in [0, 0.1) is 29.6 Å². The summed E-state index contributed by atoms with van der Waals surface area (Å²) < 4.78 is 0. The lowest BCUT2D eigenvalue weighted by Crippen LogP contribution is -2.52. The number of rotatable bonds is 4. The summed E-state index contributed by atoms with van der Waals surface area (Å²) in [6, 6.07) is 10.3. The molecular weight excluding hydrogens is 282 g/mol. The average Bonchev–Trinajstić information content (AvgIpc) is 2.53. The average molecular weight is 309 g/mol. The lowest BCUT2D eigenvalue weighted by atomic mass is 9.50. The van der Waals surface area contributed by atoms with Crippen molar-refractivity contribution in [3.63, 3.8) is 0 Å². The topological polar surface area (TPSA) is 29.1 Å². The molecular formula is C21H27NO. The van der Waals surface area contributed by atoms with Crippen LogP contribution in [0.2, 0.25) is 0 Å². The smallest absolute Gasteiger partial charge is 0.244 e. The number of carbonyl (C=O) groups is 1. The SMILES string of the molecule is CC(NC(=O)C=Cc1ccccc1)C1C2CC3CC(C2)CC1C3. The van der Waals surface area contributed by atoms with Gasteiger partial charge in [-0.05, 0) is 80.3 Å². The quantitative estimate of drug-likeness (QED) is 0.827. The molecule has 0 aromatic heterocycles. The second kappa shape index (κ2) is 6.14. The van der Waals surface area contributed by atoms with E-state index >= 15 is 0 Å². The first-order valence-corrected chi connectivity index (χ1v) is 9.22. The highest BCUT2D eigenvalue weighted by Gasteiger charge is 2.49. The second-order valence-electron chi connectivity index (χ2n) is 8.05. The van der Waals surface area contributed by atoms with Crippen molar-refractivity contribution in [3.05, 3.63) is 42.0 Å². The van der Waals surface area contributed by atoms with Crippen molar-refractivity contribution in [2.45, 2.75) is 45.1 Å². The minimum absolute atomic E-state index is 0.0511. The van der Waals surface area contributed by atoms with Gasteiger partial charge in [0.05, 0.1) is 0 Å². The molecule has 1 aromatic carbocycles. The predicted molar refractivity (Wildman–Crippen MR) is 93.6 cm³/mol. The van der Waals surface area contributed by atoms with Gasteiger partial charge >= 0.3 is 0 Å². The summed E-state index contributed by atoms with van der Waals surface area (Å²) in [6.07, 6.45) is 10.7. The maximum atomic E-state index is 12.3. The monoisotopic (exact) mass is 309 g/mol. The molecule has 1 unspecified atom stereocenters. The van der Waals surface area contributed by atoms with Crippen LogP contribution in [0.1, 0.15) is 44.6 Å². The molecule has 23 heavy (non-hydrogen) atoms. The van der Waals surface area contributed by atoms with Crippen LogP contribution in [0.15, 0.2) is 36.4 Å². The molecule has 4 aliphatic carbocycles. The number of carbonyl (C=O) groups excluding carboxylic acids is 1. The Labute approximate surface area is 139 Å². The number of benzene rings is 1. The molecule has 0 radical (unpaired) electrons. The van der Waals surface area contributed by atoms with Crippen LogP contribution in [-0.4, -0.2) is 11.9 Å². The Balaban J connectivity index is 1.37. The van der Waals surface area contributed by atoms with Crippen LogP contribution in [-0.2, 0) is 4.79 Å². The van der Waals surface area contributed by atoms with E-state index in [-0.39, 0.29) is 5.91 Å². The molecule has 4 saturated carbocycles. The van der Waals surface area contributed by atoms with E-state index in [4.69, 9.17) is 0 Å². The molecule has 1 N–H and O–H groups in total. The van der Waals surface area contributed by atoms with Crippen molar-refractivity contribution in [2.24, 2.45) is 29.6 Å². The third-order valence-electron chi connectivity index (χ3n) is 6.47. The first-order valence-electron chi connectivity index (χ1n) is 9.22. The van der Waals surface area contributed by atoms with Gasteiger partial charge in [0.15, 0.2) is 0 Å². The molecule has 122 valence electrons. The summed E-state index contributed by atoms with van der Waals surface area (Å²) in [6.45, 7) is 2.22. The summed E-state index contributed by atoms with van der Waals surface area (Å²) >= 11 is 0. The fourth-order valence-corrected chi connectivity index (χ4v) is 5.89. The van der Waals surface area contributed by atoms with Crippen molar-refractivity contribution in [1.82, 2.24) is 5.32 Å². The fourth-order valence-electron chi connectivity index (χ4n) is 5.89. The summed E-state index contributed by atoms with van der Waals surface area (Å²) in [7, 11) is 0. The Hall–Kier alpha value is -1.57. The Morgan fingerprint density at radius 2 is 1.65 bits per heavy atom. The first kappa shape index (κ1) is 15.0. The first-order chi connectivity index (χ1) is 11.2. The van der Waals surface area contributed by atoms with Crippen LogP contribution in [0.3, 0.4) is 0 Å². The van der Waals surface area contributed by atoms with Crippen molar-refractivity contribution in [3.8, 4) is 0 Å². The molecule has 2 heteroatoms. The predicted octanol–water partition coefficient (Wildman–Crippen LogP) is 4.28. The lowest BCUT2D eigenvalue weighted by molar-refractivity contribution is -0.119. The molecule has 1 atom stereocenters. The zero-order chi connectivity index (χ0) is 15.8. The Kier molecular flexibility index (Phi) is 4.00. The highest BCUT2D eigenvalue weighted by atomic mass is 16.1. The van der Waals surface area contributed by atoms with E-state index in [0.29, 0.717) is 12.0 Å². The van der Waals surface area contributed by atoms with E-state index in [2.05, 4.69) is 12.2 Å². The maximum Gasteiger partial charge on any atom is 0.244 e. The van der Waals surface area contributed by atoms with E-state index in [1.165, 1.54) is 32.1 Å². The standard InChI is InChI=1S/C21H27NO/c1-14(22-20(23)8-7-15-5-3-2-4-6-15)21-18-10-16-9-17(12-18)13-19(21)11-16/h2-8,14,16-19,21H,9-13H2,1H3,(H,22,23). The van der Waals surface area contributed by atoms with Gasteiger partial charge in [-0.3, -0.25) is 4.79 Å². The Bertz CT molecular complexity index is 563. The van der Waals surface area contributed by atoms with E-state index in [1.54, 1.807) is 6.08 Å². The van der Waals surface area contributed by atoms with Gasteiger partial charge < -0.3 is 5.32 Å². The third kappa shape index (κ3) is 3.08. The molecule has 0 aliphatic heterocycles. The molecule has 1 aromatic rings. The van der Waals surface area contributed by atoms with E-state index in [9.17, 15) is 4.79 Å². The van der Waals surface area contributed by atoms with Crippen LogP contribution >= 0.6 is 0 Å². The van der Waals surface area contributed by atoms with Crippen molar-refractivity contribution >= 4 is 12.0 Å². The van der Waals surface area contributed by atoms with Crippen LogP contribution < -0.4 is 5.32 Å². The van der Waals surface area contributed by atoms with E-state index in [1.807, 2.05) is 36.4 Å². The van der Waals surface area contributed by atoms with Gasteiger partial charge in [-0.2, -0.15) is 0 Å². The van der Waals surface area contributed by atoms with Gasteiger partial charge in [-0.15, -0.1) is 0 Å². The zero-order valence-corrected chi connectivity index (χ0v) is 13.9. The van der Waals surface area contributed by atoms with Crippen LogP contribution in [0.5, 0.6) is 0 Å². The highest BCUT2D eigenvalue weighted by molar-refractivity contribution is 5.91. The molecule has 4 fully saturated rings. The molecule has 0 heterocycles. The number of hydrogen-bond donors (Lipinski definition) is 1. The van der Waals surface area contributed by atoms with Crippen LogP contribution in [0.4, 0.5) is 0 Å². The number of amides is 1. The third-order valence-corrected chi connectivity index (χ3v) is 6.47. The highest BCUT2D eigenvalue weighted by Crippen LogP contribution is 2.57. The summed E-state index contributed by atoms with van der Waals surface area (Å²) in [5.41, 5.74) is 1.07. The van der Waals surface area contributed by atoms with Gasteiger partial charge in [0.2, 0.25) is 5.91 Å². The minimum Gasteiger partial charge on any atom is -0.350 e. The molecule has 0 saturated heterocycles. The van der Waals surface area contributed by atoms with Crippen molar-refractivity contribution in [2.75, 3.05) is 0 Å². The van der Waals surface area contributed by atoms with Crippen molar-refractivity contribution < 1.29 is 4.79 Å². The summed E-state index contributed by atoms with van der Waals surface area (Å²) in [5.74, 6) is 4.47. The van der Waals surface area contributed by atoms with E-state index in [0.717, 1.165) is 29.2 Å². The minimum atomic E-state index is 0.0511. The van der Waals surface area contributed by atoms with Crippen molar-refractivity contribution in [1.29, 1.82) is 0 Å². The van der Waals surface area contributed by atoms with Gasteiger partial charge in [-0.25, -0.2) is 0 Å². The normalized spacial score (nSPS) is 36.3. The zero-order valence-electron chi connectivity index (χ0n) is 13.9. The number of hydrogen-bond acceptors (Lipinski definition) is 1. The van der Waals surface area contributed by atoms with Gasteiger partial charge in [0.25, 0.3) is 0 Å². The molecule has 1 amide bonds. The van der Waals surface area contributed by atoms with Crippen LogP contribution in [0.25, 0.3) is 6.08 Å². The van der Waals surface area contributed by atoms with Gasteiger partial charge in [0.1, 0.15) is 0 Å².